The number of anilines is 1. The van der Waals surface area contributed by atoms with E-state index < -0.39 is 0 Å². The van der Waals surface area contributed by atoms with Crippen LogP contribution in [0, 0.1) is 6.92 Å². The normalized spacial score (nSPS) is 24.8. The van der Waals surface area contributed by atoms with Crippen LogP contribution in [0.4, 0.5) is 5.69 Å². The van der Waals surface area contributed by atoms with Gasteiger partial charge in [0.1, 0.15) is 0 Å². The van der Waals surface area contributed by atoms with Gasteiger partial charge in [-0.15, -0.1) is 0 Å². The van der Waals surface area contributed by atoms with Crippen molar-refractivity contribution in [3.8, 4) is 0 Å². The molecule has 2 aliphatic heterocycles. The number of rotatable bonds is 1. The van der Waals surface area contributed by atoms with Gasteiger partial charge in [0, 0.05) is 17.1 Å². The summed E-state index contributed by atoms with van der Waals surface area (Å²) in [5.41, 5.74) is 4.08. The molecule has 130 valence electrons. The number of hydrogen-bond acceptors (Lipinski definition) is 1. The Balaban J connectivity index is 1.80. The van der Waals surface area contributed by atoms with Gasteiger partial charge in [0.05, 0.1) is 42.7 Å². The molecule has 0 aliphatic carbocycles. The number of quaternary nitrogens is 1. The smallest absolute Gasteiger partial charge is 0.260 e. The number of aryl methyl sites for hydroxylation is 1. The SMILES string of the molecule is Cc1ccc2c(c1)[C@@H]1C[NH+](C)CC[C@H]1N2C(=O)c1ccc(Cl)cc1Cl. The van der Waals surface area contributed by atoms with Crippen molar-refractivity contribution in [3.63, 3.8) is 0 Å². The van der Waals surface area contributed by atoms with E-state index >= 15 is 0 Å². The molecule has 0 radical (unpaired) electrons. The number of hydrogen-bond donors (Lipinski definition) is 1. The first-order valence-electron chi connectivity index (χ1n) is 8.66. The number of amides is 1. The van der Waals surface area contributed by atoms with Crippen LogP contribution in [0.3, 0.4) is 0 Å². The molecule has 1 fully saturated rings. The molecule has 2 aromatic carbocycles. The van der Waals surface area contributed by atoms with Gasteiger partial charge in [0.25, 0.3) is 5.91 Å². The molecule has 0 bridgehead atoms. The second-order valence-corrected chi connectivity index (χ2v) is 8.08. The van der Waals surface area contributed by atoms with E-state index in [0.29, 0.717) is 21.5 Å². The number of carbonyl (C=O) groups excluding carboxylic acids is 1. The molecule has 1 amide bonds. The van der Waals surface area contributed by atoms with E-state index in [-0.39, 0.29) is 11.9 Å². The number of benzene rings is 2. The number of nitrogens with one attached hydrogen (secondary N) is 1. The van der Waals surface area contributed by atoms with E-state index in [0.717, 1.165) is 25.2 Å². The summed E-state index contributed by atoms with van der Waals surface area (Å²) >= 11 is 12.3. The Bertz CT molecular complexity index is 852. The van der Waals surface area contributed by atoms with Crippen molar-refractivity contribution in [1.82, 2.24) is 0 Å². The zero-order valence-electron chi connectivity index (χ0n) is 14.4. The molecule has 0 spiro atoms. The summed E-state index contributed by atoms with van der Waals surface area (Å²) in [6.07, 6.45) is 1.00. The van der Waals surface area contributed by atoms with Crippen LogP contribution < -0.4 is 9.80 Å². The quantitative estimate of drug-likeness (QED) is 0.812. The minimum absolute atomic E-state index is 0.0289. The largest absolute Gasteiger partial charge is 0.337 e. The average Bonchev–Trinajstić information content (AvgIpc) is 2.87. The van der Waals surface area contributed by atoms with E-state index in [4.69, 9.17) is 23.2 Å². The predicted molar refractivity (Wildman–Crippen MR) is 102 cm³/mol. The molecule has 0 aromatic heterocycles. The topological polar surface area (TPSA) is 24.8 Å². The minimum atomic E-state index is -0.0289. The molecule has 0 saturated carbocycles. The Morgan fingerprint density at radius 3 is 2.76 bits per heavy atom. The fourth-order valence-electron chi connectivity index (χ4n) is 4.26. The van der Waals surface area contributed by atoms with Crippen molar-refractivity contribution in [2.45, 2.75) is 25.3 Å². The highest BCUT2D eigenvalue weighted by atomic mass is 35.5. The summed E-state index contributed by atoms with van der Waals surface area (Å²) < 4.78 is 0. The van der Waals surface area contributed by atoms with Crippen LogP contribution in [-0.2, 0) is 0 Å². The molecule has 25 heavy (non-hydrogen) atoms. The van der Waals surface area contributed by atoms with Crippen LogP contribution in [0.1, 0.15) is 33.8 Å². The van der Waals surface area contributed by atoms with E-state index in [2.05, 4.69) is 32.2 Å². The number of nitrogens with zero attached hydrogens (tertiary/aromatic N) is 1. The van der Waals surface area contributed by atoms with Crippen LogP contribution in [0.5, 0.6) is 0 Å². The van der Waals surface area contributed by atoms with E-state index in [9.17, 15) is 4.79 Å². The number of piperidine rings is 1. The number of carbonyl (C=O) groups is 1. The maximum Gasteiger partial charge on any atom is 0.260 e. The van der Waals surface area contributed by atoms with Gasteiger partial charge in [-0.25, -0.2) is 0 Å². The lowest BCUT2D eigenvalue weighted by molar-refractivity contribution is -0.886. The van der Waals surface area contributed by atoms with Crippen LogP contribution in [0.2, 0.25) is 10.0 Å². The second kappa shape index (κ2) is 6.31. The lowest BCUT2D eigenvalue weighted by atomic mass is 9.88. The third-order valence-electron chi connectivity index (χ3n) is 5.45. The maximum atomic E-state index is 13.4. The van der Waals surface area contributed by atoms with Crippen molar-refractivity contribution in [3.05, 3.63) is 63.1 Å². The van der Waals surface area contributed by atoms with E-state index in [1.165, 1.54) is 16.0 Å². The van der Waals surface area contributed by atoms with Gasteiger partial charge in [0.2, 0.25) is 0 Å². The molecule has 1 saturated heterocycles. The summed E-state index contributed by atoms with van der Waals surface area (Å²) in [5.74, 6) is 0.359. The molecule has 3 atom stereocenters. The standard InChI is InChI=1S/C20H20Cl2N2O/c1-12-3-6-18-15(9-12)16-11-23(2)8-7-19(16)24(18)20(25)14-5-4-13(21)10-17(14)22/h3-6,9-10,16,19H,7-8,11H2,1-2H3/p+1/t16-,19+/m0/s1. The minimum Gasteiger partial charge on any atom is -0.337 e. The van der Waals surface area contributed by atoms with Crippen LogP contribution >= 0.6 is 23.2 Å². The Morgan fingerprint density at radius 2 is 2.00 bits per heavy atom. The fourth-order valence-corrected chi connectivity index (χ4v) is 4.75. The Hall–Kier alpha value is -1.55. The van der Waals surface area contributed by atoms with Crippen molar-refractivity contribution in [1.29, 1.82) is 0 Å². The van der Waals surface area contributed by atoms with Gasteiger partial charge < -0.3 is 9.80 Å². The lowest BCUT2D eigenvalue weighted by Gasteiger charge is -2.34. The third kappa shape index (κ3) is 2.84. The molecule has 2 heterocycles. The Labute approximate surface area is 158 Å². The highest BCUT2D eigenvalue weighted by molar-refractivity contribution is 6.37. The summed E-state index contributed by atoms with van der Waals surface area (Å²) in [4.78, 5) is 16.8. The van der Waals surface area contributed by atoms with Crippen LogP contribution in [-0.4, -0.2) is 32.1 Å². The molecule has 1 unspecified atom stereocenters. The van der Waals surface area contributed by atoms with E-state index in [1.54, 1.807) is 18.2 Å². The van der Waals surface area contributed by atoms with Gasteiger partial charge in [-0.3, -0.25) is 4.79 Å². The van der Waals surface area contributed by atoms with Gasteiger partial charge in [0.15, 0.2) is 0 Å². The zero-order chi connectivity index (χ0) is 17.7. The third-order valence-corrected chi connectivity index (χ3v) is 6.00. The molecule has 5 heteroatoms. The summed E-state index contributed by atoms with van der Waals surface area (Å²) in [6, 6.07) is 11.7. The molecule has 4 rings (SSSR count). The predicted octanol–water partition coefficient (Wildman–Crippen LogP) is 3.33. The molecule has 2 aromatic rings. The number of likely N-dealkylation sites (tertiary alicyclic amines) is 1. The number of fused-ring (bicyclic) bond motifs is 3. The Morgan fingerprint density at radius 1 is 1.20 bits per heavy atom. The number of likely N-dealkylation sites (N-methyl/N-ethyl adjacent to an activating group) is 1. The van der Waals surface area contributed by atoms with Crippen LogP contribution in [0.25, 0.3) is 0 Å². The zero-order valence-corrected chi connectivity index (χ0v) is 15.9. The lowest BCUT2D eigenvalue weighted by Crippen LogP contribution is -3.11. The molecular formula is C20H21Cl2N2O+. The first kappa shape index (κ1) is 16.9. The first-order chi connectivity index (χ1) is 12.0. The molecular weight excluding hydrogens is 355 g/mol. The Kier molecular flexibility index (Phi) is 4.27. The van der Waals surface area contributed by atoms with Crippen molar-refractivity contribution in [2.75, 3.05) is 25.0 Å². The van der Waals surface area contributed by atoms with Gasteiger partial charge in [-0.1, -0.05) is 40.9 Å². The average molecular weight is 376 g/mol. The maximum absolute atomic E-state index is 13.4. The van der Waals surface area contributed by atoms with E-state index in [1.807, 2.05) is 4.90 Å². The van der Waals surface area contributed by atoms with Gasteiger partial charge in [-0.05, 0) is 36.8 Å². The fraction of sp³-hybridized carbons (Fsp3) is 0.350. The first-order valence-corrected chi connectivity index (χ1v) is 9.42. The van der Waals surface area contributed by atoms with Crippen molar-refractivity contribution >= 4 is 34.8 Å². The highest BCUT2D eigenvalue weighted by Gasteiger charge is 2.46. The second-order valence-electron chi connectivity index (χ2n) is 7.24. The summed E-state index contributed by atoms with van der Waals surface area (Å²) in [7, 11) is 2.23. The molecule has 1 N–H and O–H groups in total. The highest BCUT2D eigenvalue weighted by Crippen LogP contribution is 2.44. The molecule has 3 nitrogen and oxygen atoms in total. The monoisotopic (exact) mass is 375 g/mol. The van der Waals surface area contributed by atoms with Crippen molar-refractivity contribution < 1.29 is 9.69 Å². The van der Waals surface area contributed by atoms with Gasteiger partial charge in [-0.2, -0.15) is 0 Å². The molecule has 2 aliphatic rings. The van der Waals surface area contributed by atoms with Crippen LogP contribution in [0.15, 0.2) is 36.4 Å². The summed E-state index contributed by atoms with van der Waals surface area (Å²) in [6.45, 7) is 4.24. The number of halogens is 2. The summed E-state index contributed by atoms with van der Waals surface area (Å²) in [5, 5.41) is 0.952. The van der Waals surface area contributed by atoms with Crippen molar-refractivity contribution in [2.24, 2.45) is 0 Å². The van der Waals surface area contributed by atoms with Gasteiger partial charge >= 0.3 is 0 Å².